The van der Waals surface area contributed by atoms with Crippen LogP contribution in [0.3, 0.4) is 0 Å². The summed E-state index contributed by atoms with van der Waals surface area (Å²) in [5, 5.41) is 0.826. The molecule has 1 nitrogen and oxygen atoms in total. The molecule has 1 atom stereocenters. The van der Waals surface area contributed by atoms with Crippen LogP contribution >= 0.6 is 0 Å². The lowest BCUT2D eigenvalue weighted by molar-refractivity contribution is -0.137. The third-order valence-electron chi connectivity index (χ3n) is 2.97. The zero-order chi connectivity index (χ0) is 12.6. The molecule has 0 spiro atoms. The maximum absolute atomic E-state index is 12.6. The Balaban J connectivity index is 2.58. The van der Waals surface area contributed by atoms with Crippen molar-refractivity contribution in [3.63, 3.8) is 0 Å². The predicted octanol–water partition coefficient (Wildman–Crippen LogP) is 4.45. The fraction of sp³-hybridized carbons (Fsp3) is 0.308. The first-order valence-corrected chi connectivity index (χ1v) is 5.41. The van der Waals surface area contributed by atoms with Gasteiger partial charge >= 0.3 is 6.18 Å². The van der Waals surface area contributed by atoms with Gasteiger partial charge in [-0.25, -0.2) is 0 Å². The predicted molar refractivity (Wildman–Crippen MR) is 61.6 cm³/mol. The Morgan fingerprint density at radius 3 is 2.53 bits per heavy atom. The highest BCUT2D eigenvalue weighted by molar-refractivity contribution is 5.81. The highest BCUT2D eigenvalue weighted by Crippen LogP contribution is 2.32. The van der Waals surface area contributed by atoms with Gasteiger partial charge in [0.1, 0.15) is 0 Å². The molecule has 0 amide bonds. The molecule has 17 heavy (non-hydrogen) atoms. The van der Waals surface area contributed by atoms with Crippen LogP contribution in [0.1, 0.15) is 25.5 Å². The molecule has 0 saturated heterocycles. The van der Waals surface area contributed by atoms with Gasteiger partial charge in [-0.05, 0) is 36.9 Å². The molecule has 0 aliphatic carbocycles. The largest absolute Gasteiger partial charge is 0.416 e. The first kappa shape index (κ1) is 12.0. The number of hydrogen-bond donors (Lipinski definition) is 0. The molecule has 0 bridgehead atoms. The Hall–Kier alpha value is -1.45. The molecule has 91 valence electrons. The molecule has 1 unspecified atom stereocenters. The summed E-state index contributed by atoms with van der Waals surface area (Å²) in [5.74, 6) is 0. The van der Waals surface area contributed by atoms with Gasteiger partial charge in [-0.2, -0.15) is 13.2 Å². The highest BCUT2D eigenvalue weighted by Gasteiger charge is 2.30. The number of rotatable bonds is 2. The quantitative estimate of drug-likeness (QED) is 0.731. The van der Waals surface area contributed by atoms with Crippen LogP contribution in [0.15, 0.2) is 30.5 Å². The van der Waals surface area contributed by atoms with Crippen molar-refractivity contribution in [2.45, 2.75) is 26.1 Å². The molecule has 1 aromatic carbocycles. The minimum Gasteiger partial charge on any atom is -0.344 e. The Morgan fingerprint density at radius 1 is 1.24 bits per heavy atom. The number of nitrogens with zero attached hydrogens (tertiary/aromatic N) is 1. The number of benzene rings is 1. The zero-order valence-corrected chi connectivity index (χ0v) is 9.62. The van der Waals surface area contributed by atoms with Crippen LogP contribution in [0, 0.1) is 6.42 Å². The summed E-state index contributed by atoms with van der Waals surface area (Å²) < 4.78 is 39.7. The summed E-state index contributed by atoms with van der Waals surface area (Å²) in [4.78, 5) is 0. The highest BCUT2D eigenvalue weighted by atomic mass is 19.4. The van der Waals surface area contributed by atoms with Crippen LogP contribution in [0.25, 0.3) is 10.9 Å². The third-order valence-corrected chi connectivity index (χ3v) is 2.97. The van der Waals surface area contributed by atoms with E-state index in [0.717, 1.165) is 11.5 Å². The summed E-state index contributed by atoms with van der Waals surface area (Å²) in [6, 6.07) is 5.74. The molecular formula is C13H13F3N. The SMILES string of the molecule is C[CH]C(C)n1ccc2ccc(C(F)(F)F)cc21. The summed E-state index contributed by atoms with van der Waals surface area (Å²) in [7, 11) is 0. The Kier molecular flexibility index (Phi) is 2.89. The first-order chi connectivity index (χ1) is 7.93. The van der Waals surface area contributed by atoms with E-state index in [4.69, 9.17) is 0 Å². The van der Waals surface area contributed by atoms with Gasteiger partial charge in [0.2, 0.25) is 0 Å². The van der Waals surface area contributed by atoms with E-state index in [0.29, 0.717) is 5.52 Å². The first-order valence-electron chi connectivity index (χ1n) is 5.41. The van der Waals surface area contributed by atoms with Gasteiger partial charge in [0.25, 0.3) is 0 Å². The number of alkyl halides is 3. The van der Waals surface area contributed by atoms with E-state index >= 15 is 0 Å². The second-order valence-electron chi connectivity index (χ2n) is 4.07. The molecule has 0 N–H and O–H groups in total. The van der Waals surface area contributed by atoms with Crippen molar-refractivity contribution in [1.82, 2.24) is 4.57 Å². The second kappa shape index (κ2) is 4.09. The lowest BCUT2D eigenvalue weighted by Crippen LogP contribution is -2.06. The van der Waals surface area contributed by atoms with Gasteiger partial charge in [0.05, 0.1) is 5.56 Å². The maximum atomic E-state index is 12.6. The summed E-state index contributed by atoms with van der Waals surface area (Å²) in [6.07, 6.45) is -0.530. The number of aromatic nitrogens is 1. The second-order valence-corrected chi connectivity index (χ2v) is 4.07. The lowest BCUT2D eigenvalue weighted by atomic mass is 10.1. The number of halogens is 3. The standard InChI is InChI=1S/C13H13F3N/c1-3-9(2)17-7-6-10-4-5-11(8-12(10)17)13(14,15)16/h3-9H,1-2H3. The van der Waals surface area contributed by atoms with Crippen LogP contribution in [0.5, 0.6) is 0 Å². The molecule has 1 aromatic heterocycles. The topological polar surface area (TPSA) is 4.93 Å². The van der Waals surface area contributed by atoms with E-state index in [1.54, 1.807) is 0 Å². The van der Waals surface area contributed by atoms with Gasteiger partial charge in [-0.3, -0.25) is 0 Å². The fourth-order valence-electron chi connectivity index (χ4n) is 1.84. The van der Waals surface area contributed by atoms with Crippen LogP contribution < -0.4 is 0 Å². The van der Waals surface area contributed by atoms with E-state index in [-0.39, 0.29) is 6.04 Å². The van der Waals surface area contributed by atoms with E-state index in [9.17, 15) is 13.2 Å². The number of hydrogen-bond acceptors (Lipinski definition) is 0. The molecular weight excluding hydrogens is 227 g/mol. The molecule has 0 saturated carbocycles. The molecule has 1 radical (unpaired) electrons. The van der Waals surface area contributed by atoms with Crippen LogP contribution in [0.2, 0.25) is 0 Å². The van der Waals surface area contributed by atoms with Gasteiger partial charge < -0.3 is 4.57 Å². The lowest BCUT2D eigenvalue weighted by Gasteiger charge is -2.13. The van der Waals surface area contributed by atoms with Gasteiger partial charge in [0, 0.05) is 17.8 Å². The number of fused-ring (bicyclic) bond motifs is 1. The Bertz CT molecular complexity index is 525. The van der Waals surface area contributed by atoms with Gasteiger partial charge in [0.15, 0.2) is 0 Å². The van der Waals surface area contributed by atoms with Gasteiger partial charge in [-0.15, -0.1) is 0 Å². The van der Waals surface area contributed by atoms with E-state index < -0.39 is 11.7 Å². The van der Waals surface area contributed by atoms with Crippen molar-refractivity contribution in [2.24, 2.45) is 0 Å². The van der Waals surface area contributed by atoms with E-state index in [1.165, 1.54) is 12.1 Å². The summed E-state index contributed by atoms with van der Waals surface area (Å²) in [6.45, 7) is 3.84. The van der Waals surface area contributed by atoms with E-state index in [2.05, 4.69) is 0 Å². The van der Waals surface area contributed by atoms with Crippen molar-refractivity contribution < 1.29 is 13.2 Å². The average molecular weight is 240 g/mol. The third kappa shape index (κ3) is 2.16. The van der Waals surface area contributed by atoms with Crippen molar-refractivity contribution in [2.75, 3.05) is 0 Å². The van der Waals surface area contributed by atoms with Gasteiger partial charge in [-0.1, -0.05) is 13.0 Å². The zero-order valence-electron chi connectivity index (χ0n) is 9.62. The van der Waals surface area contributed by atoms with Crippen LogP contribution in [-0.4, -0.2) is 4.57 Å². The minimum atomic E-state index is -4.29. The van der Waals surface area contributed by atoms with Crippen molar-refractivity contribution in [1.29, 1.82) is 0 Å². The van der Waals surface area contributed by atoms with Crippen molar-refractivity contribution >= 4 is 10.9 Å². The molecule has 1 heterocycles. The smallest absolute Gasteiger partial charge is 0.344 e. The molecule has 0 fully saturated rings. The molecule has 2 aromatic rings. The molecule has 0 aliphatic heterocycles. The fourth-order valence-corrected chi connectivity index (χ4v) is 1.84. The Morgan fingerprint density at radius 2 is 1.94 bits per heavy atom. The Labute approximate surface area is 97.9 Å². The normalized spacial score (nSPS) is 14.2. The monoisotopic (exact) mass is 240 g/mol. The minimum absolute atomic E-state index is 0.0796. The van der Waals surface area contributed by atoms with Crippen LogP contribution in [0.4, 0.5) is 13.2 Å². The van der Waals surface area contributed by atoms with E-state index in [1.807, 2.05) is 37.1 Å². The average Bonchev–Trinajstić information content (AvgIpc) is 2.69. The summed E-state index contributed by atoms with van der Waals surface area (Å²) in [5.41, 5.74) is 0.0127. The molecule has 4 heteroatoms. The van der Waals surface area contributed by atoms with Crippen LogP contribution in [-0.2, 0) is 6.18 Å². The van der Waals surface area contributed by atoms with Crippen molar-refractivity contribution in [3.05, 3.63) is 42.4 Å². The summed E-state index contributed by atoms with van der Waals surface area (Å²) >= 11 is 0. The molecule has 2 rings (SSSR count). The maximum Gasteiger partial charge on any atom is 0.416 e. The molecule has 0 aliphatic rings. The van der Waals surface area contributed by atoms with Crippen molar-refractivity contribution in [3.8, 4) is 0 Å².